The molecule has 0 bridgehead atoms. The molecule has 0 aliphatic heterocycles. The van der Waals surface area contributed by atoms with Gasteiger partial charge in [-0.25, -0.2) is 0 Å². The number of hydrogen-bond donors (Lipinski definition) is 1. The van der Waals surface area contributed by atoms with Gasteiger partial charge in [0.1, 0.15) is 11.5 Å². The Balaban J connectivity index is 2.06. The number of rotatable bonds is 8. The molecular weight excluding hydrogens is 344 g/mol. The van der Waals surface area contributed by atoms with Crippen molar-refractivity contribution in [3.05, 3.63) is 48.5 Å². The fourth-order valence-corrected chi connectivity index (χ4v) is 2.65. The van der Waals surface area contributed by atoms with Crippen molar-refractivity contribution in [1.29, 1.82) is 0 Å². The molecule has 27 heavy (non-hydrogen) atoms. The van der Waals surface area contributed by atoms with Crippen LogP contribution in [0, 0.1) is 0 Å². The van der Waals surface area contributed by atoms with Crippen LogP contribution in [0.25, 0.3) is 0 Å². The third-order valence-corrected chi connectivity index (χ3v) is 3.84. The smallest absolute Gasteiger partial charge is 0.226 e. The molecule has 2 rings (SSSR count). The summed E-state index contributed by atoms with van der Waals surface area (Å²) in [5.74, 6) is 0.851. The standard InChI is InChI=1S/C21H26N2O4/c1-15(2)27-19-11-7-5-9-17(19)22-21(25)13-14-23(16(3)24)18-10-6-8-12-20(18)26-4/h5-12,15H,13-14H2,1-4H3,(H,22,25). The molecule has 0 heterocycles. The van der Waals surface area contributed by atoms with Crippen molar-refractivity contribution in [2.75, 3.05) is 23.9 Å². The predicted octanol–water partition coefficient (Wildman–Crippen LogP) is 3.86. The van der Waals surface area contributed by atoms with Crippen LogP contribution in [0.4, 0.5) is 11.4 Å². The Hall–Kier alpha value is -3.02. The predicted molar refractivity (Wildman–Crippen MR) is 106 cm³/mol. The van der Waals surface area contributed by atoms with Gasteiger partial charge in [-0.05, 0) is 38.1 Å². The number of anilines is 2. The lowest BCUT2D eigenvalue weighted by Gasteiger charge is -2.23. The number of carbonyl (C=O) groups excluding carboxylic acids is 2. The van der Waals surface area contributed by atoms with Gasteiger partial charge in [-0.2, -0.15) is 0 Å². The van der Waals surface area contributed by atoms with E-state index in [4.69, 9.17) is 9.47 Å². The zero-order valence-electron chi connectivity index (χ0n) is 16.2. The fraction of sp³-hybridized carbons (Fsp3) is 0.333. The number of methoxy groups -OCH3 is 1. The first kappa shape index (κ1) is 20.3. The monoisotopic (exact) mass is 370 g/mol. The van der Waals surface area contributed by atoms with E-state index in [1.54, 1.807) is 25.3 Å². The minimum absolute atomic E-state index is 0.00167. The molecule has 1 N–H and O–H groups in total. The molecule has 0 aliphatic carbocycles. The van der Waals surface area contributed by atoms with Crippen LogP contribution in [-0.2, 0) is 9.59 Å². The van der Waals surface area contributed by atoms with Gasteiger partial charge in [0.2, 0.25) is 11.8 Å². The van der Waals surface area contributed by atoms with Gasteiger partial charge in [-0.15, -0.1) is 0 Å². The molecule has 0 radical (unpaired) electrons. The van der Waals surface area contributed by atoms with Crippen LogP contribution in [0.2, 0.25) is 0 Å². The third-order valence-electron chi connectivity index (χ3n) is 3.84. The molecule has 0 saturated heterocycles. The lowest BCUT2D eigenvalue weighted by Crippen LogP contribution is -2.32. The summed E-state index contributed by atoms with van der Waals surface area (Å²) in [5.41, 5.74) is 1.26. The number of nitrogens with zero attached hydrogens (tertiary/aromatic N) is 1. The van der Waals surface area contributed by atoms with Gasteiger partial charge >= 0.3 is 0 Å². The van der Waals surface area contributed by atoms with Gasteiger partial charge < -0.3 is 19.7 Å². The Bertz CT molecular complexity index is 789. The zero-order valence-corrected chi connectivity index (χ0v) is 16.2. The summed E-state index contributed by atoms with van der Waals surface area (Å²) in [6.45, 7) is 5.57. The summed E-state index contributed by atoms with van der Waals surface area (Å²) in [5, 5.41) is 2.86. The van der Waals surface area contributed by atoms with Crippen molar-refractivity contribution >= 4 is 23.2 Å². The zero-order chi connectivity index (χ0) is 19.8. The average Bonchev–Trinajstić information content (AvgIpc) is 2.63. The molecule has 0 spiro atoms. The maximum Gasteiger partial charge on any atom is 0.226 e. The van der Waals surface area contributed by atoms with E-state index < -0.39 is 0 Å². The van der Waals surface area contributed by atoms with Crippen molar-refractivity contribution in [3.8, 4) is 11.5 Å². The van der Waals surface area contributed by atoms with Crippen LogP contribution in [0.5, 0.6) is 11.5 Å². The molecule has 0 fully saturated rings. The minimum atomic E-state index is -0.198. The van der Waals surface area contributed by atoms with Crippen molar-refractivity contribution in [2.45, 2.75) is 33.3 Å². The highest BCUT2D eigenvalue weighted by Gasteiger charge is 2.17. The first-order chi connectivity index (χ1) is 12.9. The van der Waals surface area contributed by atoms with Gasteiger partial charge in [0, 0.05) is 19.9 Å². The van der Waals surface area contributed by atoms with Crippen LogP contribution in [-0.4, -0.2) is 31.6 Å². The SMILES string of the molecule is COc1ccccc1N(CCC(=O)Nc1ccccc1OC(C)C)C(C)=O. The molecular formula is C21H26N2O4. The molecule has 2 aromatic rings. The average molecular weight is 370 g/mol. The van der Waals surface area contributed by atoms with Crippen molar-refractivity contribution < 1.29 is 19.1 Å². The van der Waals surface area contributed by atoms with E-state index in [1.807, 2.05) is 44.2 Å². The van der Waals surface area contributed by atoms with Crippen LogP contribution in [0.3, 0.4) is 0 Å². The Morgan fingerprint density at radius 3 is 2.30 bits per heavy atom. The molecule has 0 unspecified atom stereocenters. The maximum atomic E-state index is 12.4. The van der Waals surface area contributed by atoms with Crippen LogP contribution in [0.15, 0.2) is 48.5 Å². The Kier molecular flexibility index (Phi) is 7.23. The number of amides is 2. The molecule has 0 aromatic heterocycles. The number of para-hydroxylation sites is 4. The van der Waals surface area contributed by atoms with Gasteiger partial charge in [-0.1, -0.05) is 24.3 Å². The first-order valence-electron chi connectivity index (χ1n) is 8.89. The molecule has 6 nitrogen and oxygen atoms in total. The second-order valence-electron chi connectivity index (χ2n) is 6.30. The van der Waals surface area contributed by atoms with E-state index in [-0.39, 0.29) is 30.9 Å². The van der Waals surface area contributed by atoms with Gasteiger partial charge in [0.05, 0.1) is 24.6 Å². The Morgan fingerprint density at radius 1 is 1.04 bits per heavy atom. The lowest BCUT2D eigenvalue weighted by atomic mass is 10.2. The van der Waals surface area contributed by atoms with E-state index in [0.29, 0.717) is 22.9 Å². The van der Waals surface area contributed by atoms with Crippen molar-refractivity contribution in [3.63, 3.8) is 0 Å². The molecule has 0 aliphatic rings. The first-order valence-corrected chi connectivity index (χ1v) is 8.89. The Labute approximate surface area is 160 Å². The van der Waals surface area contributed by atoms with E-state index in [0.717, 1.165) is 0 Å². The highest BCUT2D eigenvalue weighted by atomic mass is 16.5. The quantitative estimate of drug-likeness (QED) is 0.766. The van der Waals surface area contributed by atoms with Gasteiger partial charge in [0.15, 0.2) is 0 Å². The van der Waals surface area contributed by atoms with Gasteiger partial charge in [-0.3, -0.25) is 9.59 Å². The second kappa shape index (κ2) is 9.62. The lowest BCUT2D eigenvalue weighted by molar-refractivity contribution is -0.117. The number of hydrogen-bond acceptors (Lipinski definition) is 4. The fourth-order valence-electron chi connectivity index (χ4n) is 2.65. The van der Waals surface area contributed by atoms with Crippen LogP contribution < -0.4 is 19.7 Å². The van der Waals surface area contributed by atoms with Crippen LogP contribution >= 0.6 is 0 Å². The van der Waals surface area contributed by atoms with Crippen LogP contribution in [0.1, 0.15) is 27.2 Å². The highest BCUT2D eigenvalue weighted by Crippen LogP contribution is 2.28. The summed E-state index contributed by atoms with van der Waals surface area (Å²) in [6.07, 6.45) is 0.148. The number of carbonyl (C=O) groups is 2. The number of nitrogens with one attached hydrogen (secondary N) is 1. The summed E-state index contributed by atoms with van der Waals surface area (Å²) < 4.78 is 11.0. The maximum absolute atomic E-state index is 12.4. The number of benzene rings is 2. The summed E-state index contributed by atoms with van der Waals surface area (Å²) in [7, 11) is 1.55. The summed E-state index contributed by atoms with van der Waals surface area (Å²) in [6, 6.07) is 14.5. The highest BCUT2D eigenvalue weighted by molar-refractivity contribution is 5.96. The molecule has 0 atom stereocenters. The van der Waals surface area contributed by atoms with Gasteiger partial charge in [0.25, 0.3) is 0 Å². The van der Waals surface area contributed by atoms with E-state index >= 15 is 0 Å². The number of ether oxygens (including phenoxy) is 2. The molecule has 2 aromatic carbocycles. The third kappa shape index (κ3) is 5.74. The van der Waals surface area contributed by atoms with Crippen molar-refractivity contribution in [1.82, 2.24) is 0 Å². The second-order valence-corrected chi connectivity index (χ2v) is 6.30. The largest absolute Gasteiger partial charge is 0.495 e. The van der Waals surface area contributed by atoms with E-state index in [1.165, 1.54) is 11.8 Å². The van der Waals surface area contributed by atoms with E-state index in [9.17, 15) is 9.59 Å². The molecule has 0 saturated carbocycles. The topological polar surface area (TPSA) is 67.9 Å². The normalized spacial score (nSPS) is 10.4. The van der Waals surface area contributed by atoms with Crippen molar-refractivity contribution in [2.24, 2.45) is 0 Å². The summed E-state index contributed by atoms with van der Waals surface area (Å²) >= 11 is 0. The van der Waals surface area contributed by atoms with E-state index in [2.05, 4.69) is 5.32 Å². The summed E-state index contributed by atoms with van der Waals surface area (Å²) in [4.78, 5) is 26.0. The molecule has 144 valence electrons. The minimum Gasteiger partial charge on any atom is -0.495 e. The Morgan fingerprint density at radius 2 is 1.67 bits per heavy atom. The molecule has 2 amide bonds. The molecule has 6 heteroatoms.